The molecule has 2 aliphatic heterocycles. The molecule has 3 aromatic carbocycles. The number of hydrogen-bond donors (Lipinski definition) is 0. The van der Waals surface area contributed by atoms with E-state index >= 15 is 0 Å². The molecule has 7 rings (SSSR count). The number of ether oxygens (including phenoxy) is 3. The number of amides is 2. The van der Waals surface area contributed by atoms with Crippen LogP contribution in [0.15, 0.2) is 91.0 Å². The van der Waals surface area contributed by atoms with Crippen LogP contribution in [0.4, 0.5) is 10.5 Å². The third-order valence-corrected chi connectivity index (χ3v) is 10.2. The lowest BCUT2D eigenvalue weighted by molar-refractivity contribution is -0.139. The minimum absolute atomic E-state index is 0.0546. The van der Waals surface area contributed by atoms with Crippen molar-refractivity contribution in [2.75, 3.05) is 44.2 Å². The number of hydrogen-bond acceptors (Lipinski definition) is 8. The van der Waals surface area contributed by atoms with Crippen LogP contribution in [0, 0.1) is 11.8 Å². The van der Waals surface area contributed by atoms with Crippen molar-refractivity contribution in [1.29, 1.82) is 0 Å². The van der Waals surface area contributed by atoms with Crippen LogP contribution in [0.25, 0.3) is 22.2 Å². The number of aromatic nitrogens is 3. The summed E-state index contributed by atoms with van der Waals surface area (Å²) in [6, 6.07) is 30.2. The van der Waals surface area contributed by atoms with E-state index in [0.717, 1.165) is 39.0 Å². The second-order valence-electron chi connectivity index (χ2n) is 15.3. The molecule has 2 fully saturated rings. The normalized spacial score (nSPS) is 17.8. The van der Waals surface area contributed by atoms with E-state index in [1.807, 2.05) is 110 Å². The van der Waals surface area contributed by atoms with Gasteiger partial charge in [0.05, 0.1) is 16.8 Å². The molecule has 11 heteroatoms. The molecule has 0 unspecified atom stereocenters. The first-order chi connectivity index (χ1) is 26.0. The van der Waals surface area contributed by atoms with Crippen LogP contribution in [0.2, 0.25) is 0 Å². The van der Waals surface area contributed by atoms with Crippen molar-refractivity contribution < 1.29 is 23.8 Å². The molecule has 2 atom stereocenters. The average Bonchev–Trinajstić information content (AvgIpc) is 3.52. The number of carbonyl (C=O) groups excluding carboxylic acids is 2. The summed E-state index contributed by atoms with van der Waals surface area (Å²) in [5.41, 5.74) is 5.18. The first kappa shape index (κ1) is 36.8. The number of likely N-dealkylation sites (tertiary alicyclic amines) is 1. The van der Waals surface area contributed by atoms with Crippen molar-refractivity contribution >= 4 is 28.6 Å². The minimum atomic E-state index is -0.547. The van der Waals surface area contributed by atoms with Crippen LogP contribution in [-0.4, -0.2) is 81.4 Å². The summed E-state index contributed by atoms with van der Waals surface area (Å²) in [7, 11) is 1.97. The number of fused-ring (bicyclic) bond motifs is 1. The van der Waals surface area contributed by atoms with Gasteiger partial charge in [-0.1, -0.05) is 79.7 Å². The van der Waals surface area contributed by atoms with Crippen LogP contribution >= 0.6 is 0 Å². The summed E-state index contributed by atoms with van der Waals surface area (Å²) >= 11 is 0. The number of rotatable bonds is 9. The van der Waals surface area contributed by atoms with E-state index in [4.69, 9.17) is 24.3 Å². The summed E-state index contributed by atoms with van der Waals surface area (Å²) < 4.78 is 20.0. The molecule has 0 radical (unpaired) electrons. The zero-order valence-electron chi connectivity index (χ0n) is 31.9. The van der Waals surface area contributed by atoms with Gasteiger partial charge in [-0.25, -0.2) is 4.79 Å². The maximum atomic E-state index is 13.8. The van der Waals surface area contributed by atoms with Gasteiger partial charge in [0, 0.05) is 63.7 Å². The number of aryl methyl sites for hydroxylation is 1. The molecule has 2 aliphatic rings. The van der Waals surface area contributed by atoms with E-state index in [0.29, 0.717) is 70.7 Å². The summed E-state index contributed by atoms with van der Waals surface area (Å²) in [5.74, 6) is 1.05. The Morgan fingerprint density at radius 2 is 1.44 bits per heavy atom. The summed E-state index contributed by atoms with van der Waals surface area (Å²) in [6.45, 7) is 12.1. The summed E-state index contributed by atoms with van der Waals surface area (Å²) in [6.07, 6.45) is 0.334. The van der Waals surface area contributed by atoms with Crippen LogP contribution < -0.4 is 14.4 Å². The van der Waals surface area contributed by atoms with Gasteiger partial charge in [0.25, 0.3) is 0 Å². The van der Waals surface area contributed by atoms with Crippen molar-refractivity contribution in [3.8, 4) is 23.0 Å². The number of pyridine rings is 1. The molecule has 0 spiro atoms. The molecule has 2 aromatic heterocycles. The summed E-state index contributed by atoms with van der Waals surface area (Å²) in [5, 5.41) is 6.02. The number of carbonyl (C=O) groups is 2. The highest BCUT2D eigenvalue weighted by Gasteiger charge is 2.37. The highest BCUT2D eigenvalue weighted by molar-refractivity contribution is 6.01. The Morgan fingerprint density at radius 3 is 2.09 bits per heavy atom. The Kier molecular flexibility index (Phi) is 10.8. The van der Waals surface area contributed by atoms with Crippen molar-refractivity contribution in [2.45, 2.75) is 52.9 Å². The highest BCUT2D eigenvalue weighted by atomic mass is 16.6. The van der Waals surface area contributed by atoms with Gasteiger partial charge in [0.15, 0.2) is 0 Å². The molecule has 5 aromatic rings. The maximum absolute atomic E-state index is 13.8. The van der Waals surface area contributed by atoms with Gasteiger partial charge in [-0.2, -0.15) is 10.1 Å². The first-order valence-corrected chi connectivity index (χ1v) is 18.9. The Morgan fingerprint density at radius 1 is 0.778 bits per heavy atom. The molecule has 54 heavy (non-hydrogen) atoms. The Bertz CT molecular complexity index is 2070. The van der Waals surface area contributed by atoms with Crippen LogP contribution in [0.1, 0.15) is 45.2 Å². The van der Waals surface area contributed by atoms with Gasteiger partial charge < -0.3 is 28.9 Å². The van der Waals surface area contributed by atoms with Crippen LogP contribution in [0.3, 0.4) is 0 Å². The molecule has 4 heterocycles. The van der Waals surface area contributed by atoms with Crippen molar-refractivity contribution in [2.24, 2.45) is 18.9 Å². The lowest BCUT2D eigenvalue weighted by Crippen LogP contribution is -2.54. The second-order valence-corrected chi connectivity index (χ2v) is 15.3. The van der Waals surface area contributed by atoms with Crippen molar-refractivity contribution in [3.05, 3.63) is 102 Å². The Labute approximate surface area is 317 Å². The molecular weight excluding hydrogens is 681 g/mol. The van der Waals surface area contributed by atoms with Gasteiger partial charge in [-0.15, -0.1) is 0 Å². The SMILES string of the molecule is C[C@H]1CN(C(=O)OC(C)(C)C)CC[C@H]1C(=O)N1CCN(c2cccc3c(-c4ccc(OCc5ccccc5)nc4OCc4ccccc4)nn(C)c23)CC1. The van der Waals surface area contributed by atoms with E-state index in [9.17, 15) is 9.59 Å². The molecule has 0 bridgehead atoms. The van der Waals surface area contributed by atoms with E-state index < -0.39 is 5.60 Å². The zero-order chi connectivity index (χ0) is 37.8. The number of piperidine rings is 1. The first-order valence-electron chi connectivity index (χ1n) is 18.9. The Hall–Kier alpha value is -5.58. The lowest BCUT2D eigenvalue weighted by atomic mass is 9.85. The van der Waals surface area contributed by atoms with E-state index in [1.54, 1.807) is 4.90 Å². The fourth-order valence-corrected chi connectivity index (χ4v) is 7.43. The van der Waals surface area contributed by atoms with Crippen LogP contribution in [0.5, 0.6) is 11.8 Å². The van der Waals surface area contributed by atoms with Gasteiger partial charge in [-0.3, -0.25) is 9.48 Å². The number of anilines is 1. The molecular formula is C43H50N6O5. The molecule has 2 amide bonds. The predicted octanol–water partition coefficient (Wildman–Crippen LogP) is 7.34. The second kappa shape index (κ2) is 15.8. The molecule has 0 N–H and O–H groups in total. The third kappa shape index (κ3) is 8.30. The number of piperazine rings is 1. The average molecular weight is 731 g/mol. The molecule has 0 saturated carbocycles. The van der Waals surface area contributed by atoms with Gasteiger partial charge in [0.2, 0.25) is 17.7 Å². The fraction of sp³-hybridized carbons (Fsp3) is 0.395. The topological polar surface area (TPSA) is 102 Å². The van der Waals surface area contributed by atoms with Gasteiger partial charge >= 0.3 is 6.09 Å². The largest absolute Gasteiger partial charge is 0.473 e. The minimum Gasteiger partial charge on any atom is -0.473 e. The summed E-state index contributed by atoms with van der Waals surface area (Å²) in [4.78, 5) is 37.4. The monoisotopic (exact) mass is 730 g/mol. The molecule has 282 valence electrons. The Balaban J connectivity index is 1.07. The van der Waals surface area contributed by atoms with E-state index in [2.05, 4.69) is 30.0 Å². The molecule has 2 saturated heterocycles. The van der Waals surface area contributed by atoms with E-state index in [1.165, 1.54) is 0 Å². The lowest BCUT2D eigenvalue weighted by Gasteiger charge is -2.41. The maximum Gasteiger partial charge on any atom is 0.410 e. The third-order valence-electron chi connectivity index (χ3n) is 10.2. The molecule has 0 aliphatic carbocycles. The highest BCUT2D eigenvalue weighted by Crippen LogP contribution is 2.38. The van der Waals surface area contributed by atoms with Crippen molar-refractivity contribution in [1.82, 2.24) is 24.6 Å². The quantitative estimate of drug-likeness (QED) is 0.155. The number of para-hydroxylation sites is 1. The standard InChI is InChI=1S/C43H50N6O5/c1-30-27-49(42(51)54-43(2,3)4)22-21-33(30)41(50)48-25-23-47(24-26-48)36-18-12-17-34-38(45-46(5)39(34)36)35-19-20-37(52-28-31-13-8-6-9-14-31)44-40(35)53-29-32-15-10-7-11-16-32/h6-20,30,33H,21-29H2,1-5H3/t30-,33+/m0/s1. The smallest absolute Gasteiger partial charge is 0.410 e. The predicted molar refractivity (Wildman–Crippen MR) is 209 cm³/mol. The zero-order valence-corrected chi connectivity index (χ0v) is 31.9. The van der Waals surface area contributed by atoms with Gasteiger partial charge in [0.1, 0.15) is 24.5 Å². The van der Waals surface area contributed by atoms with E-state index in [-0.39, 0.29) is 23.8 Å². The van der Waals surface area contributed by atoms with Crippen LogP contribution in [-0.2, 0) is 29.8 Å². The fourth-order valence-electron chi connectivity index (χ4n) is 7.43. The number of benzene rings is 3. The van der Waals surface area contributed by atoms with Crippen molar-refractivity contribution in [3.63, 3.8) is 0 Å². The number of nitrogens with zero attached hydrogens (tertiary/aromatic N) is 6. The van der Waals surface area contributed by atoms with Gasteiger partial charge in [-0.05, 0) is 56.4 Å². The molecule has 11 nitrogen and oxygen atoms in total.